The SMILES string of the molecule is CCNC(=O)[C@H](C)N(Cc1ccc(F)cc1)C(=O)Cc1ccc(Cl)c(Cl)c1. The zero-order valence-electron chi connectivity index (χ0n) is 15.1. The third-order valence-electron chi connectivity index (χ3n) is 4.12. The van der Waals surface area contributed by atoms with Crippen LogP contribution in [0.1, 0.15) is 25.0 Å². The number of hydrogen-bond donors (Lipinski definition) is 1. The van der Waals surface area contributed by atoms with Gasteiger partial charge >= 0.3 is 0 Å². The third kappa shape index (κ3) is 5.94. The van der Waals surface area contributed by atoms with Gasteiger partial charge in [-0.2, -0.15) is 0 Å². The Kier molecular flexibility index (Phi) is 7.63. The molecule has 4 nitrogen and oxygen atoms in total. The molecule has 7 heteroatoms. The summed E-state index contributed by atoms with van der Waals surface area (Å²) in [5.74, 6) is -0.845. The Balaban J connectivity index is 2.23. The van der Waals surface area contributed by atoms with E-state index in [0.29, 0.717) is 22.2 Å². The first-order valence-electron chi connectivity index (χ1n) is 8.57. The van der Waals surface area contributed by atoms with Gasteiger partial charge < -0.3 is 10.2 Å². The van der Waals surface area contributed by atoms with Crippen molar-refractivity contribution in [1.82, 2.24) is 10.2 Å². The maximum Gasteiger partial charge on any atom is 0.242 e. The van der Waals surface area contributed by atoms with Crippen LogP contribution >= 0.6 is 23.2 Å². The van der Waals surface area contributed by atoms with Gasteiger partial charge in [0.1, 0.15) is 11.9 Å². The lowest BCUT2D eigenvalue weighted by Gasteiger charge is -2.29. The molecule has 1 N–H and O–H groups in total. The van der Waals surface area contributed by atoms with Gasteiger partial charge in [0.05, 0.1) is 16.5 Å². The van der Waals surface area contributed by atoms with Crippen LogP contribution in [0.25, 0.3) is 0 Å². The van der Waals surface area contributed by atoms with Crippen LogP contribution in [-0.4, -0.2) is 29.3 Å². The number of rotatable bonds is 7. The number of halogens is 3. The highest BCUT2D eigenvalue weighted by atomic mass is 35.5. The van der Waals surface area contributed by atoms with Crippen LogP contribution in [0.5, 0.6) is 0 Å². The monoisotopic (exact) mass is 410 g/mol. The van der Waals surface area contributed by atoms with E-state index in [1.807, 2.05) is 6.92 Å². The van der Waals surface area contributed by atoms with Gasteiger partial charge in [0.15, 0.2) is 0 Å². The number of nitrogens with zero attached hydrogens (tertiary/aromatic N) is 1. The molecule has 0 radical (unpaired) electrons. The molecule has 0 aliphatic carbocycles. The van der Waals surface area contributed by atoms with Crippen LogP contribution in [0.15, 0.2) is 42.5 Å². The molecule has 0 aliphatic rings. The summed E-state index contributed by atoms with van der Waals surface area (Å²) in [6.45, 7) is 4.14. The Hall–Kier alpha value is -2.11. The summed E-state index contributed by atoms with van der Waals surface area (Å²) in [4.78, 5) is 26.7. The van der Waals surface area contributed by atoms with Gasteiger partial charge in [-0.3, -0.25) is 9.59 Å². The maximum absolute atomic E-state index is 13.2. The van der Waals surface area contributed by atoms with Gasteiger partial charge in [0.2, 0.25) is 11.8 Å². The summed E-state index contributed by atoms with van der Waals surface area (Å²) in [7, 11) is 0. The van der Waals surface area contributed by atoms with E-state index in [9.17, 15) is 14.0 Å². The highest BCUT2D eigenvalue weighted by Crippen LogP contribution is 2.23. The van der Waals surface area contributed by atoms with Gasteiger partial charge in [0, 0.05) is 13.1 Å². The molecule has 2 amide bonds. The number of hydrogen-bond acceptors (Lipinski definition) is 2. The van der Waals surface area contributed by atoms with E-state index in [2.05, 4.69) is 5.32 Å². The summed E-state index contributed by atoms with van der Waals surface area (Å²) in [6.07, 6.45) is 0.0713. The molecule has 0 unspecified atom stereocenters. The summed E-state index contributed by atoms with van der Waals surface area (Å²) >= 11 is 11.9. The minimum atomic E-state index is -0.676. The van der Waals surface area contributed by atoms with Crippen LogP contribution < -0.4 is 5.32 Å². The first-order valence-corrected chi connectivity index (χ1v) is 9.33. The van der Waals surface area contributed by atoms with E-state index < -0.39 is 6.04 Å². The predicted octanol–water partition coefficient (Wildman–Crippen LogP) is 4.23. The van der Waals surface area contributed by atoms with Crippen LogP contribution in [0.2, 0.25) is 10.0 Å². The quantitative estimate of drug-likeness (QED) is 0.742. The average molecular weight is 411 g/mol. The molecule has 0 saturated carbocycles. The predicted molar refractivity (Wildman–Crippen MR) is 105 cm³/mol. The van der Waals surface area contributed by atoms with E-state index in [1.165, 1.54) is 17.0 Å². The topological polar surface area (TPSA) is 49.4 Å². The number of amides is 2. The lowest BCUT2D eigenvalue weighted by atomic mass is 10.1. The minimum Gasteiger partial charge on any atom is -0.355 e. The van der Waals surface area contributed by atoms with Crippen LogP contribution in [0, 0.1) is 5.82 Å². The highest BCUT2D eigenvalue weighted by molar-refractivity contribution is 6.42. The normalized spacial score (nSPS) is 11.7. The van der Waals surface area contributed by atoms with Gasteiger partial charge in [-0.15, -0.1) is 0 Å². The molecular formula is C20H21Cl2FN2O2. The molecule has 0 aliphatic heterocycles. The number of carbonyl (C=O) groups is 2. The maximum atomic E-state index is 13.2. The molecule has 0 bridgehead atoms. The van der Waals surface area contributed by atoms with Crippen molar-refractivity contribution >= 4 is 35.0 Å². The second-order valence-corrected chi connectivity index (χ2v) is 6.96. The molecule has 144 valence electrons. The van der Waals surface area contributed by atoms with Crippen LogP contribution in [-0.2, 0) is 22.6 Å². The minimum absolute atomic E-state index is 0.0713. The molecule has 27 heavy (non-hydrogen) atoms. The zero-order chi connectivity index (χ0) is 20.0. The Bertz CT molecular complexity index is 812. The molecule has 0 saturated heterocycles. The molecular weight excluding hydrogens is 390 g/mol. The van der Waals surface area contributed by atoms with Crippen molar-refractivity contribution in [3.63, 3.8) is 0 Å². The lowest BCUT2D eigenvalue weighted by Crippen LogP contribution is -2.48. The molecule has 0 spiro atoms. The zero-order valence-corrected chi connectivity index (χ0v) is 16.6. The Labute approximate surface area is 168 Å². The van der Waals surface area contributed by atoms with Gasteiger partial charge in [-0.05, 0) is 49.2 Å². The number of carbonyl (C=O) groups excluding carboxylic acids is 2. The highest BCUT2D eigenvalue weighted by Gasteiger charge is 2.26. The van der Waals surface area contributed by atoms with E-state index in [-0.39, 0.29) is 30.6 Å². The van der Waals surface area contributed by atoms with E-state index >= 15 is 0 Å². The van der Waals surface area contributed by atoms with Crippen molar-refractivity contribution in [3.8, 4) is 0 Å². The van der Waals surface area contributed by atoms with Crippen molar-refractivity contribution in [2.75, 3.05) is 6.54 Å². The molecule has 0 fully saturated rings. The van der Waals surface area contributed by atoms with Crippen molar-refractivity contribution in [2.24, 2.45) is 0 Å². The van der Waals surface area contributed by atoms with Crippen LogP contribution in [0.4, 0.5) is 4.39 Å². The average Bonchev–Trinajstić information content (AvgIpc) is 2.64. The fourth-order valence-electron chi connectivity index (χ4n) is 2.62. The van der Waals surface area contributed by atoms with Crippen molar-refractivity contribution in [3.05, 3.63) is 69.5 Å². The van der Waals surface area contributed by atoms with Gasteiger partial charge in [0.25, 0.3) is 0 Å². The van der Waals surface area contributed by atoms with Gasteiger partial charge in [-0.1, -0.05) is 41.4 Å². The summed E-state index contributed by atoms with van der Waals surface area (Å²) in [5, 5.41) is 3.50. The second kappa shape index (κ2) is 9.72. The molecule has 2 aromatic rings. The number of nitrogens with one attached hydrogen (secondary N) is 1. The van der Waals surface area contributed by atoms with E-state index in [1.54, 1.807) is 37.3 Å². The van der Waals surface area contributed by atoms with Crippen molar-refractivity contribution in [2.45, 2.75) is 32.9 Å². The lowest BCUT2D eigenvalue weighted by molar-refractivity contribution is -0.140. The van der Waals surface area contributed by atoms with Gasteiger partial charge in [-0.25, -0.2) is 4.39 Å². The molecule has 0 heterocycles. The Morgan fingerprint density at radius 3 is 2.30 bits per heavy atom. The Morgan fingerprint density at radius 2 is 1.70 bits per heavy atom. The number of benzene rings is 2. The fraction of sp³-hybridized carbons (Fsp3) is 0.300. The van der Waals surface area contributed by atoms with E-state index in [0.717, 1.165) is 5.56 Å². The summed E-state index contributed by atoms with van der Waals surface area (Å²) in [6, 6.07) is 10.2. The van der Waals surface area contributed by atoms with Crippen molar-refractivity contribution in [1.29, 1.82) is 0 Å². The molecule has 1 atom stereocenters. The van der Waals surface area contributed by atoms with Crippen LogP contribution in [0.3, 0.4) is 0 Å². The molecule has 2 aromatic carbocycles. The van der Waals surface area contributed by atoms with E-state index in [4.69, 9.17) is 23.2 Å². The molecule has 0 aromatic heterocycles. The summed E-state index contributed by atoms with van der Waals surface area (Å²) < 4.78 is 13.2. The first kappa shape index (κ1) is 21.2. The second-order valence-electron chi connectivity index (χ2n) is 6.14. The Morgan fingerprint density at radius 1 is 1.07 bits per heavy atom. The smallest absolute Gasteiger partial charge is 0.242 e. The molecule has 2 rings (SSSR count). The summed E-state index contributed by atoms with van der Waals surface area (Å²) in [5.41, 5.74) is 1.43. The largest absolute Gasteiger partial charge is 0.355 e. The third-order valence-corrected chi connectivity index (χ3v) is 4.86. The fourth-order valence-corrected chi connectivity index (χ4v) is 2.94. The number of likely N-dealkylation sites (N-methyl/N-ethyl adjacent to an activating group) is 1. The first-order chi connectivity index (χ1) is 12.8. The van der Waals surface area contributed by atoms with Crippen molar-refractivity contribution < 1.29 is 14.0 Å². The standard InChI is InChI=1S/C20H21Cl2FN2O2/c1-3-24-20(27)13(2)25(12-14-4-7-16(23)8-5-14)19(26)11-15-6-9-17(21)18(22)10-15/h4-10,13H,3,11-12H2,1-2H3,(H,24,27)/t13-/m0/s1.